The number of halogens is 5. The van der Waals surface area contributed by atoms with Crippen molar-refractivity contribution in [2.24, 2.45) is 0 Å². The minimum atomic E-state index is -4.44. The van der Waals surface area contributed by atoms with E-state index in [9.17, 15) is 13.2 Å². The molecule has 2 aromatic carbocycles. The second kappa shape index (κ2) is 16.0. The lowest BCUT2D eigenvalue weighted by Gasteiger charge is -2.24. The van der Waals surface area contributed by atoms with Crippen LogP contribution in [0.3, 0.4) is 0 Å². The van der Waals surface area contributed by atoms with Gasteiger partial charge in [-0.05, 0) is 110 Å². The third-order valence-electron chi connectivity index (χ3n) is 7.60. The van der Waals surface area contributed by atoms with Crippen LogP contribution in [-0.4, -0.2) is 48.9 Å². The lowest BCUT2D eigenvalue weighted by atomic mass is 9.98. The number of morpholine rings is 1. The third-order valence-corrected chi connectivity index (χ3v) is 8.54. The van der Waals surface area contributed by atoms with Gasteiger partial charge in [-0.1, -0.05) is 24.3 Å². The highest BCUT2D eigenvalue weighted by Gasteiger charge is 2.42. The van der Waals surface area contributed by atoms with Crippen molar-refractivity contribution in [1.82, 2.24) is 20.6 Å². The Morgan fingerprint density at radius 3 is 2.04 bits per heavy atom. The lowest BCUT2D eigenvalue weighted by Crippen LogP contribution is -2.33. The topological polar surface area (TPSA) is 83.1 Å². The summed E-state index contributed by atoms with van der Waals surface area (Å²) >= 11 is 6.57. The molecule has 0 bridgehead atoms. The first-order valence-electron chi connectivity index (χ1n) is 14.8. The predicted molar refractivity (Wildman–Crippen MR) is 178 cm³/mol. The zero-order valence-electron chi connectivity index (χ0n) is 24.5. The molecule has 2 saturated heterocycles. The van der Waals surface area contributed by atoms with Crippen molar-refractivity contribution < 1.29 is 17.9 Å². The molecule has 45 heavy (non-hydrogen) atoms. The fourth-order valence-corrected chi connectivity index (χ4v) is 5.61. The molecule has 2 aliphatic rings. The third kappa shape index (κ3) is 9.98. The summed E-state index contributed by atoms with van der Waals surface area (Å²) in [6, 6.07) is 20.7. The van der Waals surface area contributed by atoms with Gasteiger partial charge >= 0.3 is 6.18 Å². The van der Waals surface area contributed by atoms with Crippen molar-refractivity contribution >= 4 is 43.2 Å². The first-order valence-corrected chi connectivity index (χ1v) is 16.3. The summed E-state index contributed by atoms with van der Waals surface area (Å²) in [6.07, 6.45) is -0.0318. The van der Waals surface area contributed by atoms with Gasteiger partial charge in [0.1, 0.15) is 0 Å². The SMILES string of the molecule is Brc1ccc(CNc2ccc([C@H]3CNCCO3)cc2)nc1.FC(F)(F)C(Nc1ccc(C2CCNC2)cc1)c1ccc(Br)cn1. The number of aromatic nitrogens is 2. The summed E-state index contributed by atoms with van der Waals surface area (Å²) < 4.78 is 47.6. The van der Waals surface area contributed by atoms with Gasteiger partial charge < -0.3 is 26.0 Å². The molecule has 4 heterocycles. The summed E-state index contributed by atoms with van der Waals surface area (Å²) in [5, 5.41) is 12.6. The Kier molecular flexibility index (Phi) is 11.8. The van der Waals surface area contributed by atoms with Crippen LogP contribution in [0.4, 0.5) is 24.5 Å². The van der Waals surface area contributed by atoms with E-state index in [1.165, 1.54) is 17.8 Å². The van der Waals surface area contributed by atoms with Crippen molar-refractivity contribution in [3.8, 4) is 0 Å². The van der Waals surface area contributed by atoms with E-state index in [0.29, 0.717) is 22.6 Å². The molecule has 4 N–H and O–H groups in total. The van der Waals surface area contributed by atoms with E-state index >= 15 is 0 Å². The molecule has 0 aliphatic carbocycles. The zero-order chi connectivity index (χ0) is 31.6. The van der Waals surface area contributed by atoms with Gasteiger partial charge in [0, 0.05) is 52.3 Å². The Balaban J connectivity index is 0.000000179. The maximum Gasteiger partial charge on any atom is 0.414 e. The van der Waals surface area contributed by atoms with Crippen molar-refractivity contribution in [3.05, 3.63) is 117 Å². The quantitative estimate of drug-likeness (QED) is 0.147. The molecule has 12 heteroatoms. The molecule has 0 radical (unpaired) electrons. The highest BCUT2D eigenvalue weighted by Crippen LogP contribution is 2.35. The molecule has 0 saturated carbocycles. The fourth-order valence-electron chi connectivity index (χ4n) is 5.14. The molecule has 3 atom stereocenters. The number of hydrogen-bond acceptors (Lipinski definition) is 7. The van der Waals surface area contributed by atoms with Crippen molar-refractivity contribution in [2.45, 2.75) is 37.2 Å². The fraction of sp³-hybridized carbons (Fsp3) is 0.333. The predicted octanol–water partition coefficient (Wildman–Crippen LogP) is 7.75. The van der Waals surface area contributed by atoms with Crippen LogP contribution in [0.15, 0.2) is 94.1 Å². The van der Waals surface area contributed by atoms with Crippen LogP contribution in [0.1, 0.15) is 47.0 Å². The second-order valence-electron chi connectivity index (χ2n) is 10.8. The molecule has 0 amide bonds. The molecule has 6 rings (SSSR count). The smallest absolute Gasteiger partial charge is 0.379 e. The lowest BCUT2D eigenvalue weighted by molar-refractivity contribution is -0.144. The average molecular weight is 748 g/mol. The molecular weight excluding hydrogens is 713 g/mol. The highest BCUT2D eigenvalue weighted by atomic mass is 79.9. The van der Waals surface area contributed by atoms with Crippen LogP contribution in [0.25, 0.3) is 0 Å². The van der Waals surface area contributed by atoms with Gasteiger partial charge in [-0.15, -0.1) is 0 Å². The molecule has 4 aromatic rings. The molecule has 2 aromatic heterocycles. The van der Waals surface area contributed by atoms with Crippen molar-refractivity contribution in [2.75, 3.05) is 43.4 Å². The van der Waals surface area contributed by atoms with Gasteiger partial charge in [-0.3, -0.25) is 9.97 Å². The minimum Gasteiger partial charge on any atom is -0.379 e. The van der Waals surface area contributed by atoms with Gasteiger partial charge in [0.05, 0.1) is 30.6 Å². The van der Waals surface area contributed by atoms with E-state index in [-0.39, 0.29) is 11.8 Å². The van der Waals surface area contributed by atoms with Gasteiger partial charge in [-0.2, -0.15) is 13.2 Å². The number of nitrogens with zero attached hydrogens (tertiary/aromatic N) is 2. The van der Waals surface area contributed by atoms with Crippen LogP contribution in [-0.2, 0) is 11.3 Å². The van der Waals surface area contributed by atoms with Crippen LogP contribution < -0.4 is 21.3 Å². The van der Waals surface area contributed by atoms with Gasteiger partial charge in [0.2, 0.25) is 0 Å². The van der Waals surface area contributed by atoms with Crippen molar-refractivity contribution in [3.63, 3.8) is 0 Å². The van der Waals surface area contributed by atoms with Crippen molar-refractivity contribution in [1.29, 1.82) is 0 Å². The first-order chi connectivity index (χ1) is 21.7. The van der Waals surface area contributed by atoms with E-state index in [0.717, 1.165) is 60.6 Å². The van der Waals surface area contributed by atoms with Crippen LogP contribution >= 0.6 is 31.9 Å². The summed E-state index contributed by atoms with van der Waals surface area (Å²) in [7, 11) is 0. The Morgan fingerprint density at radius 2 is 1.47 bits per heavy atom. The van der Waals surface area contributed by atoms with Gasteiger partial charge in [0.25, 0.3) is 0 Å². The molecule has 2 aliphatic heterocycles. The number of pyridine rings is 2. The number of nitrogens with one attached hydrogen (secondary N) is 4. The zero-order valence-corrected chi connectivity index (χ0v) is 27.6. The number of benzene rings is 2. The number of anilines is 2. The summed E-state index contributed by atoms with van der Waals surface area (Å²) in [6.45, 7) is 5.22. The standard InChI is InChI=1S/C17H17BrF3N3.C16H18BrN3O/c18-13-3-6-15(23-10-13)16(17(19,20)21)24-14-4-1-11(2-5-14)12-7-8-22-9-12;17-13-3-6-15(19-9-13)10-20-14-4-1-12(2-5-14)16-11-18-7-8-21-16/h1-6,10,12,16,22,24H,7-9H2;1-6,9,16,18,20H,7-8,10-11H2/t;16-/m.1/s1. The van der Waals surface area contributed by atoms with E-state index in [1.54, 1.807) is 18.2 Å². The molecule has 2 fully saturated rings. The summed E-state index contributed by atoms with van der Waals surface area (Å²) in [4.78, 5) is 8.23. The Labute approximate surface area is 278 Å². The highest BCUT2D eigenvalue weighted by molar-refractivity contribution is 9.10. The number of rotatable bonds is 8. The van der Waals surface area contributed by atoms with Crippen LogP contribution in [0, 0.1) is 0 Å². The van der Waals surface area contributed by atoms with E-state index in [2.05, 4.69) is 87.4 Å². The first kappa shape index (κ1) is 33.3. The van der Waals surface area contributed by atoms with Crippen LogP contribution in [0.5, 0.6) is 0 Å². The van der Waals surface area contributed by atoms with Crippen LogP contribution in [0.2, 0.25) is 0 Å². The number of alkyl halides is 3. The maximum absolute atomic E-state index is 13.4. The molecule has 0 spiro atoms. The molecule has 7 nitrogen and oxygen atoms in total. The normalized spacial score (nSPS) is 18.9. The average Bonchev–Trinajstić information content (AvgIpc) is 3.60. The monoisotopic (exact) mass is 746 g/mol. The van der Waals surface area contributed by atoms with E-state index in [1.807, 2.05) is 30.5 Å². The molecular formula is C33H35Br2F3N6O. The number of ether oxygens (including phenoxy) is 1. The minimum absolute atomic E-state index is 0.0604. The maximum atomic E-state index is 13.4. The van der Waals surface area contributed by atoms with E-state index in [4.69, 9.17) is 4.74 Å². The summed E-state index contributed by atoms with van der Waals surface area (Å²) in [5.41, 5.74) is 4.84. The Hall–Kier alpha value is -3.03. The molecule has 238 valence electrons. The largest absolute Gasteiger partial charge is 0.414 e. The Bertz CT molecular complexity index is 1460. The second-order valence-corrected chi connectivity index (χ2v) is 12.7. The number of hydrogen-bond donors (Lipinski definition) is 4. The molecule has 2 unspecified atom stereocenters. The van der Waals surface area contributed by atoms with Gasteiger partial charge in [0.15, 0.2) is 6.04 Å². The van der Waals surface area contributed by atoms with E-state index < -0.39 is 12.2 Å². The van der Waals surface area contributed by atoms with Gasteiger partial charge in [-0.25, -0.2) is 0 Å². The summed E-state index contributed by atoms with van der Waals surface area (Å²) in [5.74, 6) is 0.436. The Morgan fingerprint density at radius 1 is 0.800 bits per heavy atom.